The number of phosphoric ester groups is 2. The summed E-state index contributed by atoms with van der Waals surface area (Å²) in [6.07, 6.45) is 33.9. The van der Waals surface area contributed by atoms with Crippen molar-refractivity contribution in [3.8, 4) is 0 Å². The second kappa shape index (κ2) is 37.7. The Kier molecular flexibility index (Phi) is 33.2. The van der Waals surface area contributed by atoms with Gasteiger partial charge in [-0.05, 0) is 56.9 Å². The molecule has 6 N–H and O–H groups in total. The fraction of sp³-hybridized carbons (Fsp3) is 0.774. The molecule has 1 aromatic heterocycles. The molecule has 2 saturated heterocycles. The van der Waals surface area contributed by atoms with E-state index in [0.29, 0.717) is 31.5 Å². The summed E-state index contributed by atoms with van der Waals surface area (Å²) in [6, 6.07) is 1.25. The van der Waals surface area contributed by atoms with Crippen LogP contribution in [0.25, 0.3) is 0 Å². The molecular weight excluding hydrogens is 997 g/mol. The van der Waals surface area contributed by atoms with Crippen LogP contribution < -0.4 is 11.4 Å². The van der Waals surface area contributed by atoms with E-state index in [0.717, 1.165) is 68.0 Å². The molecule has 424 valence electrons. The molecule has 3 rings (SSSR count). The van der Waals surface area contributed by atoms with Crippen molar-refractivity contribution in [2.24, 2.45) is 5.92 Å². The number of aliphatic hydroxyl groups excluding tert-OH is 2. The summed E-state index contributed by atoms with van der Waals surface area (Å²) in [4.78, 5) is 62.1. The number of anilines is 1. The summed E-state index contributed by atoms with van der Waals surface area (Å²) in [5.41, 5.74) is 4.59. The summed E-state index contributed by atoms with van der Waals surface area (Å²) >= 11 is 0. The standard InChI is InChI=1S/C53H91N3O16P2/c1-4-6-27-33-44-45(70-44)34-29-24-20-16-13-14-17-21-25-30-35-48(57)66-39-43(69-49(58)36-31-26-22-18-12-10-8-7-9-11-15-19-23-28-32-42(3)5-2)40-67-73(62,63)72-74(64,65)68-41-46-50(59)51(60)52(71-46)56-38-37-47(54)55-53(56)61/h13,16-17,21,24,29,37-38,42-46,50-52,59-60H,4-12,14-15,18-20,22-23,25-28,30-36,39-41H2,1-3H3,(H,62,63)(H,64,65)(H2,54,55,61)/b16-13-,21-17-,29-24-/t42?,43-,44?,45?,46-,50-,51-,52-/m1/s1. The molecule has 2 fully saturated rings. The minimum atomic E-state index is -5.44. The van der Waals surface area contributed by atoms with Crippen LogP contribution in [0.4, 0.5) is 5.82 Å². The number of carbonyl (C=O) groups is 2. The molecule has 0 spiro atoms. The number of rotatable bonds is 44. The summed E-state index contributed by atoms with van der Waals surface area (Å²) in [6.45, 7) is 4.45. The quantitative estimate of drug-likeness (QED) is 0.0133. The molecule has 0 saturated carbocycles. The van der Waals surface area contributed by atoms with Gasteiger partial charge >= 0.3 is 33.3 Å². The van der Waals surface area contributed by atoms with Crippen LogP contribution in [0.5, 0.6) is 0 Å². The number of aromatic nitrogens is 2. The first-order valence-corrected chi connectivity index (χ1v) is 30.5. The molecule has 2 aliphatic rings. The van der Waals surface area contributed by atoms with Gasteiger partial charge in [0.1, 0.15) is 30.7 Å². The maximum Gasteiger partial charge on any atom is 0.481 e. The zero-order valence-electron chi connectivity index (χ0n) is 44.5. The first-order chi connectivity index (χ1) is 35.5. The van der Waals surface area contributed by atoms with Crippen LogP contribution in [0.3, 0.4) is 0 Å². The molecule has 0 aromatic carbocycles. The fourth-order valence-corrected chi connectivity index (χ4v) is 10.5. The molecule has 10 atom stereocenters. The maximum absolute atomic E-state index is 12.9. The fourth-order valence-electron chi connectivity index (χ4n) is 8.44. The molecule has 2 aliphatic heterocycles. The Hall–Kier alpha value is -3.06. The van der Waals surface area contributed by atoms with Crippen molar-refractivity contribution in [1.29, 1.82) is 0 Å². The number of nitrogens with two attached hydrogens (primary N) is 1. The molecule has 19 nitrogen and oxygen atoms in total. The minimum absolute atomic E-state index is 0.0386. The number of allylic oxidation sites excluding steroid dienone is 5. The number of carbonyl (C=O) groups excluding carboxylic acids is 2. The van der Waals surface area contributed by atoms with Gasteiger partial charge in [0.2, 0.25) is 0 Å². The third kappa shape index (κ3) is 29.5. The lowest BCUT2D eigenvalue weighted by Gasteiger charge is -2.21. The van der Waals surface area contributed by atoms with Crippen LogP contribution in [0.1, 0.15) is 200 Å². The second-order valence-electron chi connectivity index (χ2n) is 19.7. The summed E-state index contributed by atoms with van der Waals surface area (Å²) in [5.74, 6) is -0.521. The number of aliphatic hydroxyl groups is 2. The average Bonchev–Trinajstić information content (AvgIpc) is 4.05. The predicted molar refractivity (Wildman–Crippen MR) is 284 cm³/mol. The SMILES string of the molecule is CCCCCC1OC1C/C=C\C/C=C\C/C=C\CCCC(=O)OC[C@H](COP(=O)(O)OP(=O)(O)OC[C@H]1O[C@@H](n2ccc(N)nc2=O)[C@H](O)[C@@H]1O)OC(=O)CCCCCCCCCCCCCCCCC(C)CC. The van der Waals surface area contributed by atoms with Crippen molar-refractivity contribution in [1.82, 2.24) is 9.55 Å². The maximum atomic E-state index is 12.9. The smallest absolute Gasteiger partial charge is 0.462 e. The molecule has 0 radical (unpaired) electrons. The normalized spacial score (nSPS) is 22.3. The number of nitrogens with zero attached hydrogens (tertiary/aromatic N) is 2. The molecule has 0 amide bonds. The summed E-state index contributed by atoms with van der Waals surface area (Å²) in [7, 11) is -10.9. The van der Waals surface area contributed by atoms with Gasteiger partial charge < -0.3 is 44.7 Å². The predicted octanol–water partition coefficient (Wildman–Crippen LogP) is 10.8. The molecule has 5 unspecified atom stereocenters. The Labute approximate surface area is 440 Å². The van der Waals surface area contributed by atoms with Gasteiger partial charge in [0.25, 0.3) is 0 Å². The van der Waals surface area contributed by atoms with Crippen molar-refractivity contribution >= 4 is 33.4 Å². The Morgan fingerprint density at radius 3 is 1.96 bits per heavy atom. The Bertz CT molecular complexity index is 1970. The van der Waals surface area contributed by atoms with Crippen molar-refractivity contribution in [3.05, 3.63) is 59.2 Å². The van der Waals surface area contributed by atoms with E-state index in [4.69, 9.17) is 33.7 Å². The van der Waals surface area contributed by atoms with E-state index in [2.05, 4.69) is 54.4 Å². The van der Waals surface area contributed by atoms with Gasteiger partial charge in [-0.3, -0.25) is 23.2 Å². The van der Waals surface area contributed by atoms with E-state index < -0.39 is 83.7 Å². The highest BCUT2D eigenvalue weighted by molar-refractivity contribution is 7.61. The number of nitrogen functional groups attached to an aromatic ring is 1. The van der Waals surface area contributed by atoms with Crippen molar-refractivity contribution < 1.29 is 71.0 Å². The molecule has 3 heterocycles. The Morgan fingerprint density at radius 1 is 0.730 bits per heavy atom. The third-order valence-corrected chi connectivity index (χ3v) is 15.8. The lowest BCUT2D eigenvalue weighted by molar-refractivity contribution is -0.161. The molecule has 0 aliphatic carbocycles. The van der Waals surface area contributed by atoms with Crippen LogP contribution in [0.15, 0.2) is 53.5 Å². The van der Waals surface area contributed by atoms with E-state index in [-0.39, 0.29) is 18.7 Å². The lowest BCUT2D eigenvalue weighted by atomic mass is 9.99. The number of ether oxygens (including phenoxy) is 4. The van der Waals surface area contributed by atoms with Gasteiger partial charge in [-0.15, -0.1) is 0 Å². The number of hydrogen-bond acceptors (Lipinski definition) is 16. The van der Waals surface area contributed by atoms with Crippen LogP contribution in [-0.2, 0) is 51.0 Å². The highest BCUT2D eigenvalue weighted by Crippen LogP contribution is 2.60. The lowest BCUT2D eigenvalue weighted by Crippen LogP contribution is -2.36. The van der Waals surface area contributed by atoms with E-state index >= 15 is 0 Å². The van der Waals surface area contributed by atoms with Crippen molar-refractivity contribution in [2.75, 3.05) is 25.6 Å². The minimum Gasteiger partial charge on any atom is -0.462 e. The summed E-state index contributed by atoms with van der Waals surface area (Å²) < 4.78 is 62.6. The van der Waals surface area contributed by atoms with Gasteiger partial charge in [0, 0.05) is 19.0 Å². The van der Waals surface area contributed by atoms with Crippen LogP contribution in [-0.4, -0.2) is 97.9 Å². The molecule has 74 heavy (non-hydrogen) atoms. The number of esters is 2. The molecule has 0 bridgehead atoms. The van der Waals surface area contributed by atoms with Crippen LogP contribution in [0.2, 0.25) is 0 Å². The Balaban J connectivity index is 1.38. The van der Waals surface area contributed by atoms with Crippen molar-refractivity contribution in [2.45, 2.75) is 237 Å². The zero-order valence-corrected chi connectivity index (χ0v) is 46.3. The number of hydrogen-bond donors (Lipinski definition) is 5. The molecule has 21 heteroatoms. The van der Waals surface area contributed by atoms with Gasteiger partial charge in [-0.1, -0.05) is 173 Å². The molecular formula is C53H91N3O16P2. The molecule has 1 aromatic rings. The first kappa shape index (κ1) is 65.2. The summed E-state index contributed by atoms with van der Waals surface area (Å²) in [5, 5.41) is 20.9. The van der Waals surface area contributed by atoms with E-state index in [1.54, 1.807) is 0 Å². The number of unbranched alkanes of at least 4 members (excludes halogenated alkanes) is 16. The van der Waals surface area contributed by atoms with Gasteiger partial charge in [0.15, 0.2) is 12.3 Å². The number of phosphoric acid groups is 2. The highest BCUT2D eigenvalue weighted by Gasteiger charge is 2.46. The van der Waals surface area contributed by atoms with Gasteiger partial charge in [-0.2, -0.15) is 9.29 Å². The van der Waals surface area contributed by atoms with E-state index in [9.17, 15) is 43.5 Å². The zero-order chi connectivity index (χ0) is 54.0. The topological polar surface area (TPSA) is 278 Å². The highest BCUT2D eigenvalue weighted by atomic mass is 31.3. The van der Waals surface area contributed by atoms with Crippen molar-refractivity contribution in [3.63, 3.8) is 0 Å². The number of epoxide rings is 1. The monoisotopic (exact) mass is 1090 g/mol. The third-order valence-electron chi connectivity index (χ3n) is 13.2. The average molecular weight is 1090 g/mol. The first-order valence-electron chi connectivity index (χ1n) is 27.5. The Morgan fingerprint density at radius 2 is 1.32 bits per heavy atom. The largest absolute Gasteiger partial charge is 0.481 e. The van der Waals surface area contributed by atoms with Crippen LogP contribution >= 0.6 is 15.6 Å². The van der Waals surface area contributed by atoms with Crippen LogP contribution in [0, 0.1) is 5.92 Å². The van der Waals surface area contributed by atoms with Gasteiger partial charge in [-0.25, -0.2) is 13.9 Å². The van der Waals surface area contributed by atoms with E-state index in [1.807, 2.05) is 12.2 Å². The van der Waals surface area contributed by atoms with Gasteiger partial charge in [0.05, 0.1) is 25.4 Å². The second-order valence-corrected chi connectivity index (χ2v) is 22.8. The van der Waals surface area contributed by atoms with E-state index in [1.165, 1.54) is 96.0 Å².